The van der Waals surface area contributed by atoms with Gasteiger partial charge in [-0.3, -0.25) is 14.8 Å². The van der Waals surface area contributed by atoms with Crippen LogP contribution in [0.25, 0.3) is 0 Å². The van der Waals surface area contributed by atoms with Gasteiger partial charge in [0.2, 0.25) is 5.91 Å². The van der Waals surface area contributed by atoms with Crippen molar-refractivity contribution in [3.8, 4) is 0 Å². The normalized spacial score (nSPS) is 18.8. The summed E-state index contributed by atoms with van der Waals surface area (Å²) in [6, 6.07) is 6.64. The second-order valence-corrected chi connectivity index (χ2v) is 6.10. The number of aromatic amines is 1. The summed E-state index contributed by atoms with van der Waals surface area (Å²) < 4.78 is 13.3. The lowest BCUT2D eigenvalue weighted by Gasteiger charge is -2.32. The molecule has 23 heavy (non-hydrogen) atoms. The molecule has 1 fully saturated rings. The molecule has 1 aliphatic heterocycles. The number of aryl methyl sites for hydroxylation is 1. The number of halogens is 1. The van der Waals surface area contributed by atoms with E-state index in [1.54, 1.807) is 18.3 Å². The van der Waals surface area contributed by atoms with Gasteiger partial charge in [-0.2, -0.15) is 5.10 Å². The number of hydrogen-bond acceptors (Lipinski definition) is 3. The van der Waals surface area contributed by atoms with Crippen LogP contribution in [0.1, 0.15) is 24.1 Å². The Morgan fingerprint density at radius 2 is 2.39 bits per heavy atom. The minimum atomic E-state index is -0.218. The molecule has 0 aliphatic carbocycles. The van der Waals surface area contributed by atoms with Crippen molar-refractivity contribution in [2.45, 2.75) is 26.3 Å². The van der Waals surface area contributed by atoms with Crippen LogP contribution < -0.4 is 5.32 Å². The Hall–Kier alpha value is -2.21. The largest absolute Gasteiger partial charge is 0.323 e. The summed E-state index contributed by atoms with van der Waals surface area (Å²) >= 11 is 0. The Morgan fingerprint density at radius 3 is 3.13 bits per heavy atom. The fourth-order valence-electron chi connectivity index (χ4n) is 3.02. The maximum Gasteiger partial charge on any atom is 0.228 e. The number of nitrogens with one attached hydrogen (secondary N) is 2. The first-order valence-corrected chi connectivity index (χ1v) is 7.89. The van der Waals surface area contributed by atoms with E-state index in [1.807, 2.05) is 13.0 Å². The maximum atomic E-state index is 13.3. The highest BCUT2D eigenvalue weighted by molar-refractivity contribution is 5.93. The first-order chi connectivity index (χ1) is 11.1. The van der Waals surface area contributed by atoms with Gasteiger partial charge in [0.25, 0.3) is 0 Å². The van der Waals surface area contributed by atoms with Gasteiger partial charge in [0.05, 0.1) is 23.5 Å². The number of aromatic nitrogens is 2. The van der Waals surface area contributed by atoms with Crippen LogP contribution in [0.5, 0.6) is 0 Å². The van der Waals surface area contributed by atoms with Crippen LogP contribution in [0, 0.1) is 18.7 Å². The van der Waals surface area contributed by atoms with E-state index in [2.05, 4.69) is 20.4 Å². The molecule has 1 amide bonds. The third kappa shape index (κ3) is 3.96. The van der Waals surface area contributed by atoms with Crippen molar-refractivity contribution in [1.82, 2.24) is 15.1 Å². The molecule has 2 heterocycles. The summed E-state index contributed by atoms with van der Waals surface area (Å²) in [5, 5.41) is 9.66. The Kier molecular flexibility index (Phi) is 4.71. The molecule has 1 atom stereocenters. The highest BCUT2D eigenvalue weighted by atomic mass is 19.1. The van der Waals surface area contributed by atoms with Crippen molar-refractivity contribution in [2.75, 3.05) is 18.4 Å². The molecule has 0 bridgehead atoms. The highest BCUT2D eigenvalue weighted by Gasteiger charge is 2.26. The second-order valence-electron chi connectivity index (χ2n) is 6.10. The molecule has 5 nitrogen and oxygen atoms in total. The minimum Gasteiger partial charge on any atom is -0.323 e. The molecular weight excluding hydrogens is 295 g/mol. The van der Waals surface area contributed by atoms with Crippen molar-refractivity contribution in [1.29, 1.82) is 0 Å². The Balaban J connectivity index is 1.59. The van der Waals surface area contributed by atoms with Crippen molar-refractivity contribution in [3.63, 3.8) is 0 Å². The maximum absolute atomic E-state index is 13.3. The Morgan fingerprint density at radius 1 is 1.52 bits per heavy atom. The number of nitrogens with zero attached hydrogens (tertiary/aromatic N) is 2. The Bertz CT molecular complexity index is 685. The molecule has 0 radical (unpaired) electrons. The number of likely N-dealkylation sites (tertiary alicyclic amines) is 1. The van der Waals surface area contributed by atoms with Gasteiger partial charge in [-0.1, -0.05) is 12.1 Å². The molecule has 1 aromatic carbocycles. The number of hydrogen-bond donors (Lipinski definition) is 2. The molecule has 0 saturated carbocycles. The SMILES string of the molecule is Cc1[nH]ncc1NC(=O)[C@@H]1CCCN(Cc2cccc(F)c2)C1. The number of anilines is 1. The Labute approximate surface area is 134 Å². The molecule has 0 unspecified atom stereocenters. The molecule has 2 aromatic rings. The van der Waals surface area contributed by atoms with Gasteiger partial charge in [0.1, 0.15) is 5.82 Å². The third-order valence-corrected chi connectivity index (χ3v) is 4.26. The van der Waals surface area contributed by atoms with Crippen molar-refractivity contribution in [2.24, 2.45) is 5.92 Å². The number of rotatable bonds is 4. The zero-order valence-electron chi connectivity index (χ0n) is 13.2. The van der Waals surface area contributed by atoms with E-state index in [0.717, 1.165) is 36.3 Å². The number of H-pyrrole nitrogens is 1. The summed E-state index contributed by atoms with van der Waals surface area (Å²) in [4.78, 5) is 14.6. The lowest BCUT2D eigenvalue weighted by atomic mass is 9.96. The number of piperidine rings is 1. The molecular formula is C17H21FN4O. The predicted molar refractivity (Wildman–Crippen MR) is 86.4 cm³/mol. The van der Waals surface area contributed by atoms with Gasteiger partial charge in [-0.05, 0) is 44.0 Å². The standard InChI is InChI=1S/C17H21FN4O/c1-12-16(9-19-21-12)20-17(23)14-5-3-7-22(11-14)10-13-4-2-6-15(18)8-13/h2,4,6,8-9,14H,3,5,7,10-11H2,1H3,(H,19,21)(H,20,23)/t14-/m1/s1. The number of benzene rings is 1. The number of carbonyl (C=O) groups excluding carboxylic acids is 1. The minimum absolute atomic E-state index is 0.0263. The van der Waals surface area contributed by atoms with E-state index in [1.165, 1.54) is 6.07 Å². The van der Waals surface area contributed by atoms with Gasteiger partial charge >= 0.3 is 0 Å². The smallest absolute Gasteiger partial charge is 0.228 e. The summed E-state index contributed by atoms with van der Waals surface area (Å²) in [6.07, 6.45) is 3.47. The lowest BCUT2D eigenvalue weighted by molar-refractivity contribution is -0.121. The molecule has 1 aliphatic rings. The fourth-order valence-corrected chi connectivity index (χ4v) is 3.02. The predicted octanol–water partition coefficient (Wildman–Crippen LogP) is 2.71. The second kappa shape index (κ2) is 6.91. The molecule has 6 heteroatoms. The van der Waals surface area contributed by atoms with Crippen LogP contribution in [-0.2, 0) is 11.3 Å². The van der Waals surface area contributed by atoms with E-state index in [9.17, 15) is 9.18 Å². The third-order valence-electron chi connectivity index (χ3n) is 4.26. The number of carbonyl (C=O) groups is 1. The van der Waals surface area contributed by atoms with E-state index in [4.69, 9.17) is 0 Å². The van der Waals surface area contributed by atoms with Crippen molar-refractivity contribution >= 4 is 11.6 Å². The monoisotopic (exact) mass is 316 g/mol. The van der Waals surface area contributed by atoms with Crippen molar-refractivity contribution in [3.05, 3.63) is 47.5 Å². The quantitative estimate of drug-likeness (QED) is 0.912. The molecule has 3 rings (SSSR count). The zero-order chi connectivity index (χ0) is 16.2. The van der Waals surface area contributed by atoms with Gasteiger partial charge in [0, 0.05) is 13.1 Å². The summed E-state index contributed by atoms with van der Waals surface area (Å²) in [5.41, 5.74) is 2.53. The van der Waals surface area contributed by atoms with Crippen LogP contribution in [-0.4, -0.2) is 34.1 Å². The van der Waals surface area contributed by atoms with E-state index < -0.39 is 0 Å². The molecule has 1 saturated heterocycles. The molecule has 0 spiro atoms. The first kappa shape index (κ1) is 15.7. The highest BCUT2D eigenvalue weighted by Crippen LogP contribution is 2.21. The summed E-state index contributed by atoms with van der Waals surface area (Å²) in [6.45, 7) is 4.18. The summed E-state index contributed by atoms with van der Waals surface area (Å²) in [7, 11) is 0. The van der Waals surface area contributed by atoms with Crippen LogP contribution in [0.3, 0.4) is 0 Å². The van der Waals surface area contributed by atoms with E-state index >= 15 is 0 Å². The van der Waals surface area contributed by atoms with Crippen molar-refractivity contribution < 1.29 is 9.18 Å². The molecule has 2 N–H and O–H groups in total. The van der Waals surface area contributed by atoms with Crippen LogP contribution in [0.2, 0.25) is 0 Å². The van der Waals surface area contributed by atoms with Crippen LogP contribution >= 0.6 is 0 Å². The molecule has 122 valence electrons. The average molecular weight is 316 g/mol. The van der Waals surface area contributed by atoms with E-state index in [-0.39, 0.29) is 17.6 Å². The lowest BCUT2D eigenvalue weighted by Crippen LogP contribution is -2.40. The van der Waals surface area contributed by atoms with Gasteiger partial charge < -0.3 is 5.32 Å². The first-order valence-electron chi connectivity index (χ1n) is 7.89. The summed E-state index contributed by atoms with van der Waals surface area (Å²) in [5.74, 6) is -0.241. The number of amides is 1. The average Bonchev–Trinajstić information content (AvgIpc) is 2.93. The van der Waals surface area contributed by atoms with Gasteiger partial charge in [-0.15, -0.1) is 0 Å². The van der Waals surface area contributed by atoms with Gasteiger partial charge in [-0.25, -0.2) is 4.39 Å². The molecule has 1 aromatic heterocycles. The van der Waals surface area contributed by atoms with Crippen LogP contribution in [0.4, 0.5) is 10.1 Å². The fraction of sp³-hybridized carbons (Fsp3) is 0.412. The topological polar surface area (TPSA) is 61.0 Å². The van der Waals surface area contributed by atoms with Crippen LogP contribution in [0.15, 0.2) is 30.5 Å². The van der Waals surface area contributed by atoms with Gasteiger partial charge in [0.15, 0.2) is 0 Å². The zero-order valence-corrected chi connectivity index (χ0v) is 13.2. The van der Waals surface area contributed by atoms with E-state index in [0.29, 0.717) is 13.1 Å².